The molecular formula is C16H16Cl2OS. The van der Waals surface area contributed by atoms with Gasteiger partial charge < -0.3 is 5.11 Å². The third-order valence-electron chi connectivity index (χ3n) is 3.38. The third-order valence-corrected chi connectivity index (χ3v) is 4.84. The Labute approximate surface area is 133 Å². The van der Waals surface area contributed by atoms with Gasteiger partial charge in [0.15, 0.2) is 0 Å². The standard InChI is InChI=1S/C16H16Cl2OS/c1-10(11-6-7-14(17)15(18)9-11)16(19)12-4-3-5-13(8-12)20-2/h3-10,16,19H,1-2H3. The minimum Gasteiger partial charge on any atom is -0.388 e. The molecule has 0 bridgehead atoms. The third kappa shape index (κ3) is 3.50. The summed E-state index contributed by atoms with van der Waals surface area (Å²) in [5, 5.41) is 11.6. The number of hydrogen-bond donors (Lipinski definition) is 1. The molecule has 1 N–H and O–H groups in total. The first-order valence-corrected chi connectivity index (χ1v) is 8.28. The second-order valence-electron chi connectivity index (χ2n) is 4.68. The van der Waals surface area contributed by atoms with Crippen LogP contribution in [0.2, 0.25) is 10.0 Å². The van der Waals surface area contributed by atoms with Crippen molar-refractivity contribution in [1.29, 1.82) is 0 Å². The van der Waals surface area contributed by atoms with E-state index in [-0.39, 0.29) is 5.92 Å². The van der Waals surface area contributed by atoms with Crippen LogP contribution in [0.1, 0.15) is 30.1 Å². The quantitative estimate of drug-likeness (QED) is 0.743. The average Bonchev–Trinajstić information content (AvgIpc) is 2.48. The molecule has 0 aliphatic carbocycles. The van der Waals surface area contributed by atoms with E-state index in [1.807, 2.05) is 49.6 Å². The van der Waals surface area contributed by atoms with Gasteiger partial charge in [-0.25, -0.2) is 0 Å². The predicted octanol–water partition coefficient (Wildman–Crippen LogP) is 5.55. The summed E-state index contributed by atoms with van der Waals surface area (Å²) in [4.78, 5) is 1.14. The minimum atomic E-state index is -0.570. The van der Waals surface area contributed by atoms with Crippen molar-refractivity contribution in [3.05, 3.63) is 63.6 Å². The Morgan fingerprint density at radius 3 is 2.40 bits per heavy atom. The fourth-order valence-electron chi connectivity index (χ4n) is 2.09. The van der Waals surface area contributed by atoms with Gasteiger partial charge in [0.1, 0.15) is 0 Å². The molecule has 0 fully saturated rings. The highest BCUT2D eigenvalue weighted by atomic mass is 35.5. The number of hydrogen-bond acceptors (Lipinski definition) is 2. The molecule has 0 heterocycles. The van der Waals surface area contributed by atoms with Crippen LogP contribution < -0.4 is 0 Å². The molecule has 2 rings (SSSR count). The Hall–Kier alpha value is -0.670. The summed E-state index contributed by atoms with van der Waals surface area (Å²) >= 11 is 13.6. The highest BCUT2D eigenvalue weighted by Crippen LogP contribution is 2.34. The number of benzene rings is 2. The van der Waals surface area contributed by atoms with E-state index in [2.05, 4.69) is 0 Å². The Bertz CT molecular complexity index is 601. The van der Waals surface area contributed by atoms with Crippen molar-refractivity contribution in [2.45, 2.75) is 23.8 Å². The summed E-state index contributed by atoms with van der Waals surface area (Å²) in [6.07, 6.45) is 1.45. The molecule has 2 unspecified atom stereocenters. The lowest BCUT2D eigenvalue weighted by Crippen LogP contribution is -2.07. The Balaban J connectivity index is 2.26. The van der Waals surface area contributed by atoms with Gasteiger partial charge in [-0.15, -0.1) is 11.8 Å². The van der Waals surface area contributed by atoms with Crippen molar-refractivity contribution in [1.82, 2.24) is 0 Å². The second kappa shape index (κ2) is 6.86. The van der Waals surface area contributed by atoms with E-state index in [1.165, 1.54) is 0 Å². The summed E-state index contributed by atoms with van der Waals surface area (Å²) in [6, 6.07) is 13.4. The van der Waals surface area contributed by atoms with E-state index in [0.717, 1.165) is 16.0 Å². The summed E-state index contributed by atoms with van der Waals surface area (Å²) in [5.41, 5.74) is 1.89. The van der Waals surface area contributed by atoms with Crippen LogP contribution in [0.15, 0.2) is 47.4 Å². The molecule has 2 aromatic carbocycles. The lowest BCUT2D eigenvalue weighted by atomic mass is 9.91. The number of rotatable bonds is 4. The van der Waals surface area contributed by atoms with Gasteiger partial charge in [-0.3, -0.25) is 0 Å². The minimum absolute atomic E-state index is 0.0538. The molecule has 0 aliphatic heterocycles. The van der Waals surface area contributed by atoms with Crippen molar-refractivity contribution in [2.24, 2.45) is 0 Å². The van der Waals surface area contributed by atoms with Crippen LogP contribution in [0.4, 0.5) is 0 Å². The van der Waals surface area contributed by atoms with Crippen molar-refractivity contribution < 1.29 is 5.11 Å². The first-order chi connectivity index (χ1) is 9.52. The molecule has 0 aliphatic rings. The zero-order chi connectivity index (χ0) is 14.7. The first-order valence-electron chi connectivity index (χ1n) is 6.30. The lowest BCUT2D eigenvalue weighted by molar-refractivity contribution is 0.151. The highest BCUT2D eigenvalue weighted by Gasteiger charge is 2.19. The maximum Gasteiger partial charge on any atom is 0.0856 e. The molecule has 0 saturated carbocycles. The van der Waals surface area contributed by atoms with Gasteiger partial charge in [0.2, 0.25) is 0 Å². The molecule has 20 heavy (non-hydrogen) atoms. The van der Waals surface area contributed by atoms with E-state index in [0.29, 0.717) is 10.0 Å². The Morgan fingerprint density at radius 1 is 1.00 bits per heavy atom. The van der Waals surface area contributed by atoms with Crippen molar-refractivity contribution in [3.8, 4) is 0 Å². The van der Waals surface area contributed by atoms with Gasteiger partial charge in [0, 0.05) is 10.8 Å². The van der Waals surface area contributed by atoms with E-state index in [4.69, 9.17) is 23.2 Å². The summed E-state index contributed by atoms with van der Waals surface area (Å²) in [6.45, 7) is 1.98. The fraction of sp³-hybridized carbons (Fsp3) is 0.250. The first kappa shape index (κ1) is 15.7. The maximum atomic E-state index is 10.5. The molecule has 4 heteroatoms. The van der Waals surface area contributed by atoms with Crippen LogP contribution in [0.5, 0.6) is 0 Å². The molecule has 0 spiro atoms. The highest BCUT2D eigenvalue weighted by molar-refractivity contribution is 7.98. The molecule has 2 atom stereocenters. The van der Waals surface area contributed by atoms with Crippen LogP contribution in [-0.4, -0.2) is 11.4 Å². The number of thioether (sulfide) groups is 1. The molecule has 0 radical (unpaired) electrons. The average molecular weight is 327 g/mol. The Morgan fingerprint density at radius 2 is 1.75 bits per heavy atom. The van der Waals surface area contributed by atoms with Gasteiger partial charge in [-0.2, -0.15) is 0 Å². The lowest BCUT2D eigenvalue weighted by Gasteiger charge is -2.20. The van der Waals surface area contributed by atoms with Gasteiger partial charge in [-0.05, 0) is 41.6 Å². The van der Waals surface area contributed by atoms with Gasteiger partial charge in [0.25, 0.3) is 0 Å². The molecule has 106 valence electrons. The largest absolute Gasteiger partial charge is 0.388 e. The van der Waals surface area contributed by atoms with E-state index in [9.17, 15) is 5.11 Å². The van der Waals surface area contributed by atoms with Crippen molar-refractivity contribution in [2.75, 3.05) is 6.26 Å². The molecule has 0 amide bonds. The topological polar surface area (TPSA) is 20.2 Å². The molecule has 0 saturated heterocycles. The molecular weight excluding hydrogens is 311 g/mol. The summed E-state index contributed by atoms with van der Waals surface area (Å²) < 4.78 is 0. The SMILES string of the molecule is CSc1cccc(C(O)C(C)c2ccc(Cl)c(Cl)c2)c1. The smallest absolute Gasteiger partial charge is 0.0856 e. The summed E-state index contributed by atoms with van der Waals surface area (Å²) in [5.74, 6) is -0.0538. The van der Waals surface area contributed by atoms with Gasteiger partial charge in [-0.1, -0.05) is 48.3 Å². The van der Waals surface area contributed by atoms with E-state index >= 15 is 0 Å². The zero-order valence-corrected chi connectivity index (χ0v) is 13.6. The normalized spacial score (nSPS) is 14.1. The van der Waals surface area contributed by atoms with Crippen LogP contribution in [0.3, 0.4) is 0 Å². The van der Waals surface area contributed by atoms with Crippen molar-refractivity contribution in [3.63, 3.8) is 0 Å². The second-order valence-corrected chi connectivity index (χ2v) is 6.38. The predicted molar refractivity (Wildman–Crippen MR) is 88.1 cm³/mol. The number of aliphatic hydroxyl groups is 1. The van der Waals surface area contributed by atoms with E-state index < -0.39 is 6.10 Å². The maximum absolute atomic E-state index is 10.5. The van der Waals surface area contributed by atoms with Gasteiger partial charge in [0.05, 0.1) is 16.1 Å². The number of halogens is 2. The molecule has 0 aromatic heterocycles. The van der Waals surface area contributed by atoms with Crippen LogP contribution in [0, 0.1) is 0 Å². The Kier molecular flexibility index (Phi) is 5.39. The molecule has 1 nitrogen and oxygen atoms in total. The molecule has 2 aromatic rings. The monoisotopic (exact) mass is 326 g/mol. The van der Waals surface area contributed by atoms with Gasteiger partial charge >= 0.3 is 0 Å². The van der Waals surface area contributed by atoms with Crippen LogP contribution in [-0.2, 0) is 0 Å². The van der Waals surface area contributed by atoms with Crippen molar-refractivity contribution >= 4 is 35.0 Å². The van der Waals surface area contributed by atoms with Crippen LogP contribution >= 0.6 is 35.0 Å². The van der Waals surface area contributed by atoms with Crippen LogP contribution in [0.25, 0.3) is 0 Å². The van der Waals surface area contributed by atoms with E-state index in [1.54, 1.807) is 17.8 Å². The fourth-order valence-corrected chi connectivity index (χ4v) is 2.87. The zero-order valence-electron chi connectivity index (χ0n) is 11.3. The summed E-state index contributed by atoms with van der Waals surface area (Å²) in [7, 11) is 0. The number of aliphatic hydroxyl groups excluding tert-OH is 1.